The summed E-state index contributed by atoms with van der Waals surface area (Å²) in [5.74, 6) is -0.836. The molecular weight excluding hydrogens is 378 g/mol. The van der Waals surface area contributed by atoms with E-state index >= 15 is 0 Å². The molecule has 8 heteroatoms. The maximum atomic E-state index is 13.6. The first-order valence-electron chi connectivity index (χ1n) is 7.93. The zero-order valence-electron chi connectivity index (χ0n) is 13.5. The number of nitrogens with zero attached hydrogens (tertiary/aromatic N) is 2. The van der Waals surface area contributed by atoms with Gasteiger partial charge in [0, 0.05) is 0 Å². The van der Waals surface area contributed by atoms with Crippen molar-refractivity contribution in [2.24, 2.45) is 0 Å². The molecule has 2 aromatic carbocycles. The molecular formula is C18H14F2N2O2S2. The Morgan fingerprint density at radius 3 is 1.58 bits per heavy atom. The Kier molecular flexibility index (Phi) is 4.62. The Labute approximate surface area is 157 Å². The summed E-state index contributed by atoms with van der Waals surface area (Å²) >= 11 is 2.68. The maximum absolute atomic E-state index is 13.6. The van der Waals surface area contributed by atoms with Crippen molar-refractivity contribution in [3.63, 3.8) is 0 Å². The average Bonchev–Trinajstić information content (AvgIpc) is 3.17. The van der Waals surface area contributed by atoms with E-state index in [1.807, 2.05) is 0 Å². The number of carbonyl (C=O) groups excluding carboxylic acids is 2. The fourth-order valence-electron chi connectivity index (χ4n) is 3.10. The fraction of sp³-hybridized carbons (Fsp3) is 0.222. The molecule has 2 saturated heterocycles. The Hall–Kier alpha value is -2.06. The number of hydrogen-bond acceptors (Lipinski definition) is 4. The van der Waals surface area contributed by atoms with Gasteiger partial charge in [-0.1, -0.05) is 24.3 Å². The van der Waals surface area contributed by atoms with Crippen LogP contribution < -0.4 is 0 Å². The summed E-state index contributed by atoms with van der Waals surface area (Å²) in [7, 11) is 0. The van der Waals surface area contributed by atoms with Crippen LogP contribution >= 0.6 is 23.5 Å². The minimum atomic E-state index is -0.489. The molecule has 2 fully saturated rings. The number of thioether (sulfide) groups is 2. The molecule has 0 radical (unpaired) electrons. The molecule has 2 atom stereocenters. The van der Waals surface area contributed by atoms with Crippen LogP contribution in [0.5, 0.6) is 0 Å². The topological polar surface area (TPSA) is 40.6 Å². The summed E-state index contributed by atoms with van der Waals surface area (Å²) in [5, 5.41) is 1.82. The van der Waals surface area contributed by atoms with Crippen molar-refractivity contribution in [2.45, 2.75) is 10.7 Å². The van der Waals surface area contributed by atoms with Crippen LogP contribution in [0.25, 0.3) is 0 Å². The standard InChI is InChI=1S/C18H14F2N2O2S2/c19-13-5-1-3-11(7-13)17-21(15(23)9-25-17)22-16(24)10-26-18(22)12-4-2-6-14(20)8-12/h1-8,17-18H,9-10H2/t17-,18+. The molecule has 2 aromatic rings. The van der Waals surface area contributed by atoms with Crippen LogP contribution in [0.4, 0.5) is 8.78 Å². The second kappa shape index (κ2) is 6.92. The molecule has 0 bridgehead atoms. The minimum Gasteiger partial charge on any atom is -0.272 e. The molecule has 2 amide bonds. The maximum Gasteiger partial charge on any atom is 0.252 e. The Morgan fingerprint density at radius 1 is 0.769 bits per heavy atom. The van der Waals surface area contributed by atoms with E-state index in [0.29, 0.717) is 11.1 Å². The minimum absolute atomic E-state index is 0.200. The predicted molar refractivity (Wildman–Crippen MR) is 96.9 cm³/mol. The second-order valence-electron chi connectivity index (χ2n) is 5.91. The van der Waals surface area contributed by atoms with Gasteiger partial charge in [-0.25, -0.2) is 18.8 Å². The van der Waals surface area contributed by atoms with Gasteiger partial charge in [-0.05, 0) is 35.4 Å². The number of amides is 2. The Morgan fingerprint density at radius 2 is 1.19 bits per heavy atom. The van der Waals surface area contributed by atoms with E-state index < -0.39 is 22.4 Å². The highest BCUT2D eigenvalue weighted by Gasteiger charge is 2.45. The smallest absolute Gasteiger partial charge is 0.252 e. The molecule has 2 heterocycles. The third-order valence-electron chi connectivity index (χ3n) is 4.18. The van der Waals surface area contributed by atoms with Crippen LogP contribution in [0.1, 0.15) is 21.9 Å². The van der Waals surface area contributed by atoms with Crippen LogP contribution in [0.15, 0.2) is 48.5 Å². The normalized spacial score (nSPS) is 23.2. The molecule has 4 nitrogen and oxygen atoms in total. The molecule has 0 aliphatic carbocycles. The highest BCUT2D eigenvalue weighted by Crippen LogP contribution is 2.47. The molecule has 2 aliphatic rings. The van der Waals surface area contributed by atoms with E-state index in [0.717, 1.165) is 0 Å². The van der Waals surface area contributed by atoms with Crippen LogP contribution in [-0.4, -0.2) is 33.3 Å². The Bertz CT molecular complexity index is 808. The van der Waals surface area contributed by atoms with Gasteiger partial charge in [0.2, 0.25) is 0 Å². The van der Waals surface area contributed by atoms with Gasteiger partial charge >= 0.3 is 0 Å². The molecule has 2 aliphatic heterocycles. The summed E-state index contributed by atoms with van der Waals surface area (Å²) in [4.78, 5) is 25.1. The summed E-state index contributed by atoms with van der Waals surface area (Å²) in [6.07, 6.45) is 0. The molecule has 0 aromatic heterocycles. The lowest BCUT2D eigenvalue weighted by molar-refractivity contribution is -0.161. The highest BCUT2D eigenvalue weighted by molar-refractivity contribution is 8.01. The molecule has 0 spiro atoms. The zero-order valence-corrected chi connectivity index (χ0v) is 15.1. The average molecular weight is 392 g/mol. The van der Waals surface area contributed by atoms with Gasteiger partial charge in [0.1, 0.15) is 22.4 Å². The van der Waals surface area contributed by atoms with Gasteiger partial charge in [0.25, 0.3) is 11.8 Å². The van der Waals surface area contributed by atoms with Crippen LogP contribution in [-0.2, 0) is 9.59 Å². The summed E-state index contributed by atoms with van der Waals surface area (Å²) in [6, 6.07) is 12.0. The molecule has 0 saturated carbocycles. The van der Waals surface area contributed by atoms with Gasteiger partial charge in [-0.2, -0.15) is 0 Å². The van der Waals surface area contributed by atoms with E-state index in [1.165, 1.54) is 57.8 Å². The van der Waals surface area contributed by atoms with Crippen LogP contribution in [0, 0.1) is 11.6 Å². The van der Waals surface area contributed by atoms with Crippen molar-refractivity contribution in [3.05, 3.63) is 71.3 Å². The monoisotopic (exact) mass is 392 g/mol. The van der Waals surface area contributed by atoms with Crippen molar-refractivity contribution >= 4 is 35.3 Å². The first-order chi connectivity index (χ1) is 12.5. The van der Waals surface area contributed by atoms with Gasteiger partial charge in [0.15, 0.2) is 0 Å². The van der Waals surface area contributed by atoms with E-state index in [-0.39, 0.29) is 23.3 Å². The molecule has 0 unspecified atom stereocenters. The van der Waals surface area contributed by atoms with Crippen molar-refractivity contribution in [3.8, 4) is 0 Å². The van der Waals surface area contributed by atoms with Crippen LogP contribution in [0.3, 0.4) is 0 Å². The van der Waals surface area contributed by atoms with Crippen LogP contribution in [0.2, 0.25) is 0 Å². The van der Waals surface area contributed by atoms with Gasteiger partial charge < -0.3 is 0 Å². The zero-order chi connectivity index (χ0) is 18.3. The van der Waals surface area contributed by atoms with E-state index in [2.05, 4.69) is 0 Å². The lowest BCUT2D eigenvalue weighted by Crippen LogP contribution is -2.47. The summed E-state index contributed by atoms with van der Waals surface area (Å²) in [5.41, 5.74) is 1.23. The molecule has 134 valence electrons. The summed E-state index contributed by atoms with van der Waals surface area (Å²) < 4.78 is 27.3. The van der Waals surface area contributed by atoms with Crippen molar-refractivity contribution in [1.82, 2.24) is 10.0 Å². The predicted octanol–water partition coefficient (Wildman–Crippen LogP) is 3.73. The van der Waals surface area contributed by atoms with Gasteiger partial charge in [0.05, 0.1) is 11.5 Å². The highest BCUT2D eigenvalue weighted by atomic mass is 32.2. The van der Waals surface area contributed by atoms with E-state index in [4.69, 9.17) is 0 Å². The number of benzene rings is 2. The third kappa shape index (κ3) is 3.07. The van der Waals surface area contributed by atoms with Crippen molar-refractivity contribution < 1.29 is 18.4 Å². The third-order valence-corrected chi connectivity index (χ3v) is 6.59. The molecule has 26 heavy (non-hydrogen) atoms. The quantitative estimate of drug-likeness (QED) is 0.798. The number of rotatable bonds is 3. The van der Waals surface area contributed by atoms with Crippen molar-refractivity contribution in [1.29, 1.82) is 0 Å². The van der Waals surface area contributed by atoms with Crippen molar-refractivity contribution in [2.75, 3.05) is 11.5 Å². The van der Waals surface area contributed by atoms with Gasteiger partial charge in [-0.3, -0.25) is 9.59 Å². The lowest BCUT2D eigenvalue weighted by atomic mass is 10.2. The number of carbonyl (C=O) groups is 2. The Balaban J connectivity index is 1.72. The number of halogens is 2. The second-order valence-corrected chi connectivity index (χ2v) is 8.05. The number of hydrogen-bond donors (Lipinski definition) is 0. The first-order valence-corrected chi connectivity index (χ1v) is 10.0. The fourth-order valence-corrected chi connectivity index (χ4v) is 5.36. The molecule has 4 rings (SSSR count). The SMILES string of the molecule is O=C1CS[C@H](c2cccc(F)c2)N1N1C(=O)CS[C@H]1c1cccc(F)c1. The largest absolute Gasteiger partial charge is 0.272 e. The molecule has 0 N–H and O–H groups in total. The van der Waals surface area contributed by atoms with E-state index in [1.54, 1.807) is 24.3 Å². The lowest BCUT2D eigenvalue weighted by Gasteiger charge is -2.36. The van der Waals surface area contributed by atoms with Gasteiger partial charge in [-0.15, -0.1) is 23.5 Å². The summed E-state index contributed by atoms with van der Waals surface area (Å²) in [6.45, 7) is 0. The number of hydrazine groups is 1. The first kappa shape index (κ1) is 17.4. The van der Waals surface area contributed by atoms with E-state index in [9.17, 15) is 18.4 Å².